The van der Waals surface area contributed by atoms with Crippen LogP contribution < -0.4 is 10.6 Å². The summed E-state index contributed by atoms with van der Waals surface area (Å²) >= 11 is 0. The topological polar surface area (TPSA) is 128 Å². The van der Waals surface area contributed by atoms with Gasteiger partial charge in [-0.3, -0.25) is 19.3 Å². The largest absolute Gasteiger partial charge is 0.444 e. The number of hydrogen-bond donors (Lipinski definition) is 3. The van der Waals surface area contributed by atoms with Crippen LogP contribution in [0.25, 0.3) is 0 Å². The molecule has 1 aliphatic heterocycles. The molecule has 10 heteroatoms. The Labute approximate surface area is 231 Å². The summed E-state index contributed by atoms with van der Waals surface area (Å²) in [5.41, 5.74) is 1.58. The summed E-state index contributed by atoms with van der Waals surface area (Å²) in [6.45, 7) is 10.4. The fourth-order valence-corrected chi connectivity index (χ4v) is 5.11. The molecule has 0 unspecified atom stereocenters. The Bertz CT molecular complexity index is 1070. The van der Waals surface area contributed by atoms with Crippen LogP contribution in [0.3, 0.4) is 0 Å². The molecule has 1 saturated heterocycles. The lowest BCUT2D eigenvalue weighted by Crippen LogP contribution is -2.58. The number of aliphatic hydroxyl groups is 1. The highest BCUT2D eigenvalue weighted by atomic mass is 16.6. The minimum absolute atomic E-state index is 0.00459. The van der Waals surface area contributed by atoms with E-state index in [9.17, 15) is 24.3 Å². The first-order valence-corrected chi connectivity index (χ1v) is 13.8. The number of carbonyl (C=O) groups is 4. The molecule has 3 rings (SSSR count). The molecule has 216 valence electrons. The molecule has 0 radical (unpaired) electrons. The first-order chi connectivity index (χ1) is 18.2. The number of rotatable bonds is 7. The first kappa shape index (κ1) is 30.4. The number of nitrogens with zero attached hydrogens (tertiary/aromatic N) is 2. The standard InChI is InChI=1S/C29H44N4O6/c1-17(2)24(31-25(35)18(3)32(7)28(38)39-29(4,5)6)27(37)33-16-20(34)15-23(33)26(36)30-22-14-10-12-19-11-8-9-13-21(19)22/h8-9,11,13,17-18,20,22-24,34H,10,12,14-16H2,1-7H3,(H,30,36)(H,31,35)/t18-,20-,22+,23-,24-/m0/s1. The van der Waals surface area contributed by atoms with E-state index in [1.807, 2.05) is 18.2 Å². The van der Waals surface area contributed by atoms with Crippen molar-refractivity contribution in [2.45, 2.75) is 103 Å². The molecule has 3 N–H and O–H groups in total. The highest BCUT2D eigenvalue weighted by molar-refractivity contribution is 5.94. The van der Waals surface area contributed by atoms with Crippen LogP contribution in [0, 0.1) is 5.92 Å². The van der Waals surface area contributed by atoms with Crippen LogP contribution in [0.1, 0.15) is 78.0 Å². The van der Waals surface area contributed by atoms with Crippen LogP contribution in [0.2, 0.25) is 0 Å². The third kappa shape index (κ3) is 7.50. The summed E-state index contributed by atoms with van der Waals surface area (Å²) in [7, 11) is 1.46. The third-order valence-corrected chi connectivity index (χ3v) is 7.42. The van der Waals surface area contributed by atoms with Crippen molar-refractivity contribution in [2.24, 2.45) is 5.92 Å². The number of amides is 4. The van der Waals surface area contributed by atoms with Crippen molar-refractivity contribution in [1.29, 1.82) is 0 Å². The van der Waals surface area contributed by atoms with Crippen molar-refractivity contribution >= 4 is 23.8 Å². The maximum atomic E-state index is 13.7. The Morgan fingerprint density at radius 1 is 1.13 bits per heavy atom. The number of likely N-dealkylation sites (N-methyl/N-ethyl adjacent to an activating group) is 1. The van der Waals surface area contributed by atoms with E-state index in [4.69, 9.17) is 4.74 Å². The Hall–Kier alpha value is -3.14. The minimum atomic E-state index is -0.942. The van der Waals surface area contributed by atoms with E-state index in [-0.39, 0.29) is 30.8 Å². The predicted octanol–water partition coefficient (Wildman–Crippen LogP) is 2.54. The highest BCUT2D eigenvalue weighted by Crippen LogP contribution is 2.30. The fourth-order valence-electron chi connectivity index (χ4n) is 5.11. The smallest absolute Gasteiger partial charge is 0.410 e. The van der Waals surface area contributed by atoms with Gasteiger partial charge in [0, 0.05) is 20.0 Å². The molecule has 2 aliphatic rings. The predicted molar refractivity (Wildman–Crippen MR) is 147 cm³/mol. The van der Waals surface area contributed by atoms with Gasteiger partial charge in [-0.1, -0.05) is 38.1 Å². The van der Waals surface area contributed by atoms with Crippen molar-refractivity contribution in [2.75, 3.05) is 13.6 Å². The first-order valence-electron chi connectivity index (χ1n) is 13.8. The Morgan fingerprint density at radius 3 is 2.44 bits per heavy atom. The van der Waals surface area contributed by atoms with Gasteiger partial charge in [0.2, 0.25) is 17.7 Å². The molecule has 0 aromatic heterocycles. The molecule has 1 aliphatic carbocycles. The van der Waals surface area contributed by atoms with Crippen molar-refractivity contribution in [3.8, 4) is 0 Å². The van der Waals surface area contributed by atoms with Gasteiger partial charge >= 0.3 is 6.09 Å². The number of nitrogens with one attached hydrogen (secondary N) is 2. The molecule has 1 aromatic rings. The average molecular weight is 545 g/mol. The van der Waals surface area contributed by atoms with E-state index in [1.54, 1.807) is 41.5 Å². The van der Waals surface area contributed by atoms with Crippen molar-refractivity contribution in [3.05, 3.63) is 35.4 Å². The Morgan fingerprint density at radius 2 is 1.79 bits per heavy atom. The fraction of sp³-hybridized carbons (Fsp3) is 0.655. The van der Waals surface area contributed by atoms with Crippen molar-refractivity contribution in [1.82, 2.24) is 20.4 Å². The lowest BCUT2D eigenvalue weighted by Gasteiger charge is -2.33. The number of benzene rings is 1. The second-order valence-corrected chi connectivity index (χ2v) is 12.0. The number of carbonyl (C=O) groups excluding carboxylic acids is 4. The van der Waals surface area contributed by atoms with E-state index in [1.165, 1.54) is 22.4 Å². The minimum Gasteiger partial charge on any atom is -0.444 e. The lowest BCUT2D eigenvalue weighted by molar-refractivity contribution is -0.143. The van der Waals surface area contributed by atoms with Crippen LogP contribution in [0.15, 0.2) is 24.3 Å². The van der Waals surface area contributed by atoms with Gasteiger partial charge in [0.25, 0.3) is 0 Å². The molecule has 39 heavy (non-hydrogen) atoms. The van der Waals surface area contributed by atoms with Crippen LogP contribution in [-0.4, -0.2) is 82.1 Å². The van der Waals surface area contributed by atoms with Crippen LogP contribution in [-0.2, 0) is 25.5 Å². The van der Waals surface area contributed by atoms with Crippen LogP contribution in [0.5, 0.6) is 0 Å². The summed E-state index contributed by atoms with van der Waals surface area (Å²) in [4.78, 5) is 55.2. The summed E-state index contributed by atoms with van der Waals surface area (Å²) < 4.78 is 5.35. The Balaban J connectivity index is 1.71. The number of fused-ring (bicyclic) bond motifs is 1. The molecule has 5 atom stereocenters. The molecule has 10 nitrogen and oxygen atoms in total. The second-order valence-electron chi connectivity index (χ2n) is 12.0. The normalized spacial score (nSPS) is 22.5. The van der Waals surface area contributed by atoms with Crippen molar-refractivity contribution in [3.63, 3.8) is 0 Å². The zero-order chi connectivity index (χ0) is 29.1. The van der Waals surface area contributed by atoms with E-state index < -0.39 is 47.7 Å². The van der Waals surface area contributed by atoms with Gasteiger partial charge in [-0.15, -0.1) is 0 Å². The summed E-state index contributed by atoms with van der Waals surface area (Å²) in [5, 5.41) is 16.3. The summed E-state index contributed by atoms with van der Waals surface area (Å²) in [5.74, 6) is -1.57. The van der Waals surface area contributed by atoms with Gasteiger partial charge in [0.1, 0.15) is 23.7 Å². The van der Waals surface area contributed by atoms with Gasteiger partial charge in [-0.2, -0.15) is 0 Å². The summed E-state index contributed by atoms with van der Waals surface area (Å²) in [6, 6.07) is 5.19. The van der Waals surface area contributed by atoms with Gasteiger partial charge < -0.3 is 25.4 Å². The average Bonchev–Trinajstić information content (AvgIpc) is 3.26. The number of aliphatic hydroxyl groups excluding tert-OH is 1. The SMILES string of the molecule is CC(C)[C@H](NC(=O)[C@H](C)N(C)C(=O)OC(C)(C)C)C(=O)N1C[C@@H](O)C[C@H]1C(=O)N[C@@H]1CCCc2ccccc21. The second kappa shape index (κ2) is 12.4. The zero-order valence-electron chi connectivity index (χ0n) is 24.2. The number of likely N-dealkylation sites (tertiary alicyclic amines) is 1. The van der Waals surface area contributed by atoms with Gasteiger partial charge in [-0.25, -0.2) is 4.79 Å². The summed E-state index contributed by atoms with van der Waals surface area (Å²) in [6.07, 6.45) is 1.36. The Kier molecular flexibility index (Phi) is 9.64. The molecule has 1 aromatic carbocycles. The zero-order valence-corrected chi connectivity index (χ0v) is 24.2. The van der Waals surface area contributed by atoms with Gasteiger partial charge in [-0.05, 0) is 64.0 Å². The number of ether oxygens (including phenoxy) is 1. The molecule has 1 heterocycles. The molecule has 1 fully saturated rings. The van der Waals surface area contributed by atoms with E-state index in [0.717, 1.165) is 24.8 Å². The van der Waals surface area contributed by atoms with E-state index in [0.29, 0.717) is 0 Å². The maximum absolute atomic E-state index is 13.7. The highest BCUT2D eigenvalue weighted by Gasteiger charge is 2.43. The monoisotopic (exact) mass is 544 g/mol. The van der Waals surface area contributed by atoms with E-state index >= 15 is 0 Å². The number of β-amino-alcohol motifs (C(OH)–C–C–N with tert-alkyl or cyclic N) is 1. The molecule has 0 saturated carbocycles. The molecule has 0 spiro atoms. The van der Waals surface area contributed by atoms with Crippen molar-refractivity contribution < 1.29 is 29.0 Å². The maximum Gasteiger partial charge on any atom is 0.410 e. The van der Waals surface area contributed by atoms with Crippen LogP contribution >= 0.6 is 0 Å². The number of hydrogen-bond acceptors (Lipinski definition) is 6. The third-order valence-electron chi connectivity index (χ3n) is 7.42. The molecule has 4 amide bonds. The molecular formula is C29H44N4O6. The molecule has 0 bridgehead atoms. The molecular weight excluding hydrogens is 500 g/mol. The quantitative estimate of drug-likeness (QED) is 0.484. The lowest BCUT2D eigenvalue weighted by atomic mass is 9.87. The van der Waals surface area contributed by atoms with Gasteiger partial charge in [0.15, 0.2) is 0 Å². The van der Waals surface area contributed by atoms with Gasteiger partial charge in [0.05, 0.1) is 12.1 Å². The van der Waals surface area contributed by atoms with Crippen LogP contribution in [0.4, 0.5) is 4.79 Å². The number of aryl methyl sites for hydroxylation is 1. The van der Waals surface area contributed by atoms with E-state index in [2.05, 4.69) is 16.7 Å².